The smallest absolute Gasteiger partial charge is 0.0167 e. The van der Waals surface area contributed by atoms with Gasteiger partial charge in [0, 0.05) is 31.7 Å². The van der Waals surface area contributed by atoms with Crippen molar-refractivity contribution in [2.45, 2.75) is 51.1 Å². The summed E-state index contributed by atoms with van der Waals surface area (Å²) >= 11 is 0. The molecule has 2 fully saturated rings. The fraction of sp³-hybridized carbons (Fsp3) is 1.00. The molecular weight excluding hydrogens is 160 g/mol. The zero-order valence-electron chi connectivity index (χ0n) is 8.76. The SMILES string of the molecule is C[C@H]1CN(C2CCCCC2)CCN1. The molecule has 1 saturated heterocycles. The molecule has 2 heteroatoms. The Hall–Kier alpha value is -0.0800. The van der Waals surface area contributed by atoms with Crippen LogP contribution in [-0.2, 0) is 0 Å². The fourth-order valence-electron chi connectivity index (χ4n) is 2.74. The average Bonchev–Trinajstić information content (AvgIpc) is 2.19. The van der Waals surface area contributed by atoms with Gasteiger partial charge in [-0.2, -0.15) is 0 Å². The Morgan fingerprint density at radius 3 is 2.62 bits per heavy atom. The van der Waals surface area contributed by atoms with Crippen molar-refractivity contribution in [1.82, 2.24) is 10.2 Å². The van der Waals surface area contributed by atoms with E-state index < -0.39 is 0 Å². The zero-order chi connectivity index (χ0) is 9.10. The van der Waals surface area contributed by atoms with Crippen LogP contribution in [0, 0.1) is 0 Å². The highest BCUT2D eigenvalue weighted by atomic mass is 15.2. The molecule has 0 bridgehead atoms. The van der Waals surface area contributed by atoms with Gasteiger partial charge in [0.2, 0.25) is 0 Å². The van der Waals surface area contributed by atoms with E-state index in [4.69, 9.17) is 0 Å². The third-order valence-electron chi connectivity index (χ3n) is 3.49. The number of piperazine rings is 1. The molecule has 76 valence electrons. The number of nitrogens with zero attached hydrogens (tertiary/aromatic N) is 1. The molecule has 0 aromatic carbocycles. The second-order valence-electron chi connectivity index (χ2n) is 4.64. The Labute approximate surface area is 81.7 Å². The van der Waals surface area contributed by atoms with Gasteiger partial charge in [0.05, 0.1) is 0 Å². The Balaban J connectivity index is 1.83. The van der Waals surface area contributed by atoms with Crippen LogP contribution in [0.2, 0.25) is 0 Å². The summed E-state index contributed by atoms with van der Waals surface area (Å²) in [7, 11) is 0. The van der Waals surface area contributed by atoms with Crippen LogP contribution in [0.25, 0.3) is 0 Å². The van der Waals surface area contributed by atoms with E-state index in [-0.39, 0.29) is 0 Å². The van der Waals surface area contributed by atoms with E-state index in [1.807, 2.05) is 0 Å². The summed E-state index contributed by atoms with van der Waals surface area (Å²) in [6, 6.07) is 1.62. The fourth-order valence-corrected chi connectivity index (χ4v) is 2.74. The summed E-state index contributed by atoms with van der Waals surface area (Å²) in [5.41, 5.74) is 0. The standard InChI is InChI=1S/C11H22N2/c1-10-9-13(8-7-12-10)11-5-3-2-4-6-11/h10-12H,2-9H2,1H3/t10-/m0/s1. The van der Waals surface area contributed by atoms with E-state index in [0.717, 1.165) is 6.04 Å². The van der Waals surface area contributed by atoms with E-state index in [0.29, 0.717) is 6.04 Å². The quantitative estimate of drug-likeness (QED) is 0.663. The first-order valence-corrected chi connectivity index (χ1v) is 5.83. The molecule has 2 nitrogen and oxygen atoms in total. The summed E-state index contributed by atoms with van der Waals surface area (Å²) < 4.78 is 0. The Bertz CT molecular complexity index is 152. The van der Waals surface area contributed by atoms with Crippen molar-refractivity contribution in [3.8, 4) is 0 Å². The number of nitrogens with one attached hydrogen (secondary N) is 1. The third-order valence-corrected chi connectivity index (χ3v) is 3.49. The van der Waals surface area contributed by atoms with Crippen LogP contribution < -0.4 is 5.32 Å². The molecule has 2 rings (SSSR count). The predicted molar refractivity (Wildman–Crippen MR) is 55.9 cm³/mol. The van der Waals surface area contributed by atoms with E-state index >= 15 is 0 Å². The van der Waals surface area contributed by atoms with Gasteiger partial charge in [-0.1, -0.05) is 19.3 Å². The number of hydrogen-bond acceptors (Lipinski definition) is 2. The normalized spacial score (nSPS) is 33.5. The molecule has 2 aliphatic rings. The highest BCUT2D eigenvalue weighted by molar-refractivity contribution is 4.82. The van der Waals surface area contributed by atoms with Gasteiger partial charge >= 0.3 is 0 Å². The van der Waals surface area contributed by atoms with Crippen molar-refractivity contribution in [3.63, 3.8) is 0 Å². The molecule has 13 heavy (non-hydrogen) atoms. The second kappa shape index (κ2) is 4.43. The predicted octanol–water partition coefficient (Wildman–Crippen LogP) is 1.61. The largest absolute Gasteiger partial charge is 0.312 e. The molecule has 0 aromatic heterocycles. The van der Waals surface area contributed by atoms with Gasteiger partial charge in [-0.15, -0.1) is 0 Å². The van der Waals surface area contributed by atoms with E-state index in [2.05, 4.69) is 17.1 Å². The monoisotopic (exact) mass is 182 g/mol. The summed E-state index contributed by atoms with van der Waals surface area (Å²) in [4.78, 5) is 2.71. The summed E-state index contributed by atoms with van der Waals surface area (Å²) in [6.45, 7) is 6.03. The summed E-state index contributed by atoms with van der Waals surface area (Å²) in [6.07, 6.45) is 7.30. The molecule has 1 aliphatic carbocycles. The number of rotatable bonds is 1. The van der Waals surface area contributed by atoms with Crippen molar-refractivity contribution in [2.75, 3.05) is 19.6 Å². The van der Waals surface area contributed by atoms with Gasteiger partial charge < -0.3 is 5.32 Å². The minimum absolute atomic E-state index is 0.704. The van der Waals surface area contributed by atoms with Crippen LogP contribution in [0.1, 0.15) is 39.0 Å². The summed E-state index contributed by atoms with van der Waals surface area (Å²) in [5, 5.41) is 3.51. The average molecular weight is 182 g/mol. The van der Waals surface area contributed by atoms with Crippen molar-refractivity contribution >= 4 is 0 Å². The molecule has 0 unspecified atom stereocenters. The molecule has 0 aromatic rings. The molecule has 1 aliphatic heterocycles. The van der Waals surface area contributed by atoms with E-state index in [1.165, 1.54) is 51.7 Å². The lowest BCUT2D eigenvalue weighted by Gasteiger charge is -2.39. The van der Waals surface area contributed by atoms with Crippen LogP contribution in [0.4, 0.5) is 0 Å². The van der Waals surface area contributed by atoms with Gasteiger partial charge in [-0.25, -0.2) is 0 Å². The van der Waals surface area contributed by atoms with Gasteiger partial charge in [0.25, 0.3) is 0 Å². The minimum Gasteiger partial charge on any atom is -0.312 e. The Morgan fingerprint density at radius 1 is 1.15 bits per heavy atom. The first-order valence-electron chi connectivity index (χ1n) is 5.83. The lowest BCUT2D eigenvalue weighted by molar-refractivity contribution is 0.119. The number of hydrogen-bond donors (Lipinski definition) is 1. The first kappa shape index (κ1) is 9.47. The van der Waals surface area contributed by atoms with E-state index in [1.54, 1.807) is 0 Å². The maximum Gasteiger partial charge on any atom is 0.0167 e. The third kappa shape index (κ3) is 2.44. The van der Waals surface area contributed by atoms with E-state index in [9.17, 15) is 0 Å². The van der Waals surface area contributed by atoms with Crippen molar-refractivity contribution in [3.05, 3.63) is 0 Å². The molecule has 0 radical (unpaired) electrons. The van der Waals surface area contributed by atoms with Crippen molar-refractivity contribution < 1.29 is 0 Å². The molecule has 1 atom stereocenters. The van der Waals surface area contributed by atoms with Gasteiger partial charge in [0.15, 0.2) is 0 Å². The minimum atomic E-state index is 0.704. The topological polar surface area (TPSA) is 15.3 Å². The Morgan fingerprint density at radius 2 is 1.92 bits per heavy atom. The first-order chi connectivity index (χ1) is 6.36. The lowest BCUT2D eigenvalue weighted by atomic mass is 9.93. The van der Waals surface area contributed by atoms with Crippen LogP contribution in [-0.4, -0.2) is 36.6 Å². The maximum absolute atomic E-state index is 3.51. The van der Waals surface area contributed by atoms with Crippen LogP contribution in [0.3, 0.4) is 0 Å². The molecule has 0 amide bonds. The molecular formula is C11H22N2. The summed E-state index contributed by atoms with van der Waals surface area (Å²) in [5.74, 6) is 0. The second-order valence-corrected chi connectivity index (χ2v) is 4.64. The maximum atomic E-state index is 3.51. The highest BCUT2D eigenvalue weighted by Crippen LogP contribution is 2.23. The zero-order valence-corrected chi connectivity index (χ0v) is 8.76. The van der Waals surface area contributed by atoms with Gasteiger partial charge in [0.1, 0.15) is 0 Å². The molecule has 1 saturated carbocycles. The van der Waals surface area contributed by atoms with Crippen LogP contribution in [0.5, 0.6) is 0 Å². The van der Waals surface area contributed by atoms with Crippen LogP contribution in [0.15, 0.2) is 0 Å². The highest BCUT2D eigenvalue weighted by Gasteiger charge is 2.24. The Kier molecular flexibility index (Phi) is 3.23. The molecule has 0 spiro atoms. The van der Waals surface area contributed by atoms with Crippen molar-refractivity contribution in [2.24, 2.45) is 0 Å². The lowest BCUT2D eigenvalue weighted by Crippen LogP contribution is -2.53. The van der Waals surface area contributed by atoms with Gasteiger partial charge in [-0.05, 0) is 19.8 Å². The molecule has 1 N–H and O–H groups in total. The van der Waals surface area contributed by atoms with Crippen molar-refractivity contribution in [1.29, 1.82) is 0 Å². The molecule has 1 heterocycles. The van der Waals surface area contributed by atoms with Crippen LogP contribution >= 0.6 is 0 Å². The van der Waals surface area contributed by atoms with Gasteiger partial charge in [-0.3, -0.25) is 4.90 Å².